The predicted molar refractivity (Wildman–Crippen MR) is 124 cm³/mol. The minimum Gasteiger partial charge on any atom is -0.493 e. The van der Waals surface area contributed by atoms with Crippen molar-refractivity contribution in [2.24, 2.45) is 4.99 Å². The number of rotatable bonds is 8. The highest BCUT2D eigenvalue weighted by Gasteiger charge is 2.22. The molecular weight excluding hydrogens is 376 g/mol. The summed E-state index contributed by atoms with van der Waals surface area (Å²) in [7, 11) is 5.10. The van der Waals surface area contributed by atoms with Gasteiger partial charge in [0.25, 0.3) is 0 Å². The third-order valence-corrected chi connectivity index (χ3v) is 5.45. The monoisotopic (exact) mass is 408 g/mol. The fourth-order valence-corrected chi connectivity index (χ4v) is 3.54. The van der Waals surface area contributed by atoms with E-state index in [0.29, 0.717) is 0 Å². The van der Waals surface area contributed by atoms with Gasteiger partial charge in [-0.05, 0) is 35.7 Å². The lowest BCUT2D eigenvalue weighted by Gasteiger charge is -2.27. The van der Waals surface area contributed by atoms with Crippen molar-refractivity contribution in [3.05, 3.63) is 59.8 Å². The van der Waals surface area contributed by atoms with Crippen LogP contribution in [0.2, 0.25) is 0 Å². The van der Waals surface area contributed by atoms with E-state index in [1.165, 1.54) is 22.0 Å². The Bertz CT molecular complexity index is 1010. The lowest BCUT2D eigenvalue weighted by atomic mass is 9.84. The first kappa shape index (κ1) is 21.6. The maximum absolute atomic E-state index is 5.45. The molecule has 160 valence electrons. The summed E-state index contributed by atoms with van der Waals surface area (Å²) >= 11 is 0. The smallest absolute Gasteiger partial charge is 0.191 e. The molecule has 6 heteroatoms. The van der Waals surface area contributed by atoms with Gasteiger partial charge in [0.1, 0.15) is 0 Å². The van der Waals surface area contributed by atoms with Crippen LogP contribution < -0.4 is 20.1 Å². The van der Waals surface area contributed by atoms with Crippen molar-refractivity contribution in [3.63, 3.8) is 0 Å². The standard InChI is InChI=1S/C24H32N4O2/c1-24(2,18-10-11-21(29-4)22(14-18)30-5)16-28-23(25-3)26-13-12-17-15-27-20-9-7-6-8-19(17)20/h6-11,14-15,27H,12-13,16H2,1-5H3,(H2,25,26,28). The van der Waals surface area contributed by atoms with Crippen molar-refractivity contribution in [2.75, 3.05) is 34.4 Å². The molecule has 1 aromatic heterocycles. The fraction of sp³-hybridized carbons (Fsp3) is 0.375. The van der Waals surface area contributed by atoms with E-state index >= 15 is 0 Å². The molecule has 0 saturated carbocycles. The van der Waals surface area contributed by atoms with E-state index in [9.17, 15) is 0 Å². The number of benzene rings is 2. The molecular formula is C24H32N4O2. The second-order valence-corrected chi connectivity index (χ2v) is 7.92. The van der Waals surface area contributed by atoms with Gasteiger partial charge in [0.05, 0.1) is 14.2 Å². The SMILES string of the molecule is CN=C(NCCc1c[nH]c2ccccc12)NCC(C)(C)c1ccc(OC)c(OC)c1. The fourth-order valence-electron chi connectivity index (χ4n) is 3.54. The van der Waals surface area contributed by atoms with Gasteiger partial charge in [-0.15, -0.1) is 0 Å². The van der Waals surface area contributed by atoms with E-state index in [4.69, 9.17) is 9.47 Å². The Labute approximate surface area is 178 Å². The molecule has 0 fully saturated rings. The highest BCUT2D eigenvalue weighted by Crippen LogP contribution is 2.32. The van der Waals surface area contributed by atoms with Crippen LogP contribution in [0.1, 0.15) is 25.0 Å². The maximum atomic E-state index is 5.45. The molecule has 0 unspecified atom stereocenters. The summed E-state index contributed by atoms with van der Waals surface area (Å²) in [4.78, 5) is 7.70. The summed E-state index contributed by atoms with van der Waals surface area (Å²) in [5.41, 5.74) is 3.53. The highest BCUT2D eigenvalue weighted by atomic mass is 16.5. The van der Waals surface area contributed by atoms with Crippen LogP contribution in [-0.2, 0) is 11.8 Å². The third-order valence-electron chi connectivity index (χ3n) is 5.45. The zero-order chi connectivity index (χ0) is 21.6. The molecule has 3 rings (SSSR count). The van der Waals surface area contributed by atoms with Crippen molar-refractivity contribution in [1.29, 1.82) is 0 Å². The molecule has 0 aliphatic carbocycles. The number of aromatic amines is 1. The Morgan fingerprint density at radius 2 is 1.80 bits per heavy atom. The minimum atomic E-state index is -0.117. The zero-order valence-electron chi connectivity index (χ0n) is 18.5. The summed E-state index contributed by atoms with van der Waals surface area (Å²) in [6.45, 7) is 5.93. The van der Waals surface area contributed by atoms with Gasteiger partial charge in [-0.3, -0.25) is 4.99 Å². The van der Waals surface area contributed by atoms with Crippen molar-refractivity contribution in [1.82, 2.24) is 15.6 Å². The number of nitrogens with zero attached hydrogens (tertiary/aromatic N) is 1. The second kappa shape index (κ2) is 9.57. The molecule has 0 aliphatic rings. The summed E-state index contributed by atoms with van der Waals surface area (Å²) in [6, 6.07) is 14.4. The van der Waals surface area contributed by atoms with Crippen LogP contribution in [0, 0.1) is 0 Å². The van der Waals surface area contributed by atoms with Gasteiger partial charge in [0.2, 0.25) is 0 Å². The van der Waals surface area contributed by atoms with Crippen LogP contribution in [0.5, 0.6) is 11.5 Å². The van der Waals surface area contributed by atoms with Crippen LogP contribution in [-0.4, -0.2) is 45.3 Å². The van der Waals surface area contributed by atoms with Crippen molar-refractivity contribution in [2.45, 2.75) is 25.7 Å². The van der Waals surface area contributed by atoms with Gasteiger partial charge >= 0.3 is 0 Å². The van der Waals surface area contributed by atoms with Crippen LogP contribution >= 0.6 is 0 Å². The Hall–Kier alpha value is -3.15. The summed E-state index contributed by atoms with van der Waals surface area (Å²) in [5, 5.41) is 8.14. The number of methoxy groups -OCH3 is 2. The number of guanidine groups is 1. The topological polar surface area (TPSA) is 70.7 Å². The van der Waals surface area contributed by atoms with E-state index in [1.54, 1.807) is 21.3 Å². The van der Waals surface area contributed by atoms with Crippen molar-refractivity contribution in [3.8, 4) is 11.5 Å². The number of H-pyrrole nitrogens is 1. The summed E-state index contributed by atoms with van der Waals surface area (Å²) in [6.07, 6.45) is 3.01. The Kier molecular flexibility index (Phi) is 6.87. The van der Waals surface area contributed by atoms with Gasteiger partial charge in [-0.1, -0.05) is 38.1 Å². The van der Waals surface area contributed by atoms with Gasteiger partial charge < -0.3 is 25.1 Å². The molecule has 0 aliphatic heterocycles. The van der Waals surface area contributed by atoms with Gasteiger partial charge in [-0.2, -0.15) is 0 Å². The average Bonchev–Trinajstić information content (AvgIpc) is 3.18. The molecule has 30 heavy (non-hydrogen) atoms. The Morgan fingerprint density at radius 3 is 2.53 bits per heavy atom. The molecule has 1 heterocycles. The number of hydrogen-bond donors (Lipinski definition) is 3. The van der Waals surface area contributed by atoms with Gasteiger partial charge in [-0.25, -0.2) is 0 Å². The van der Waals surface area contributed by atoms with E-state index in [2.05, 4.69) is 64.9 Å². The third kappa shape index (κ3) is 4.87. The van der Waals surface area contributed by atoms with Crippen LogP contribution in [0.15, 0.2) is 53.7 Å². The molecule has 0 radical (unpaired) electrons. The molecule has 3 aromatic rings. The van der Waals surface area contributed by atoms with Crippen LogP contribution in [0.4, 0.5) is 0 Å². The minimum absolute atomic E-state index is 0.117. The van der Waals surface area contributed by atoms with Crippen molar-refractivity contribution < 1.29 is 9.47 Å². The average molecular weight is 409 g/mol. The molecule has 6 nitrogen and oxygen atoms in total. The van der Waals surface area contributed by atoms with E-state index in [0.717, 1.165) is 37.0 Å². The van der Waals surface area contributed by atoms with Crippen LogP contribution in [0.3, 0.4) is 0 Å². The van der Waals surface area contributed by atoms with E-state index in [1.807, 2.05) is 18.2 Å². The number of aromatic nitrogens is 1. The molecule has 3 N–H and O–H groups in total. The number of ether oxygens (including phenoxy) is 2. The lowest BCUT2D eigenvalue weighted by Crippen LogP contribution is -2.44. The lowest BCUT2D eigenvalue weighted by molar-refractivity contribution is 0.353. The highest BCUT2D eigenvalue weighted by molar-refractivity contribution is 5.83. The quantitative estimate of drug-likeness (QED) is 0.391. The largest absolute Gasteiger partial charge is 0.493 e. The first-order chi connectivity index (χ1) is 14.5. The maximum Gasteiger partial charge on any atom is 0.191 e. The number of hydrogen-bond acceptors (Lipinski definition) is 3. The number of aliphatic imine (C=N–C) groups is 1. The Balaban J connectivity index is 1.56. The van der Waals surface area contributed by atoms with E-state index < -0.39 is 0 Å². The number of fused-ring (bicyclic) bond motifs is 1. The number of para-hydroxylation sites is 1. The molecule has 0 atom stereocenters. The molecule has 0 amide bonds. The molecule has 0 saturated heterocycles. The van der Waals surface area contributed by atoms with Crippen LogP contribution in [0.25, 0.3) is 10.9 Å². The molecule has 2 aromatic carbocycles. The Morgan fingerprint density at radius 1 is 1.03 bits per heavy atom. The van der Waals surface area contributed by atoms with E-state index in [-0.39, 0.29) is 5.41 Å². The first-order valence-corrected chi connectivity index (χ1v) is 10.2. The molecule has 0 spiro atoms. The normalized spacial score (nSPS) is 12.1. The van der Waals surface area contributed by atoms with Gasteiger partial charge in [0.15, 0.2) is 17.5 Å². The first-order valence-electron chi connectivity index (χ1n) is 10.2. The summed E-state index contributed by atoms with van der Waals surface area (Å²) < 4.78 is 10.8. The second-order valence-electron chi connectivity index (χ2n) is 7.92. The summed E-state index contributed by atoms with van der Waals surface area (Å²) in [5.74, 6) is 2.27. The zero-order valence-corrected chi connectivity index (χ0v) is 18.5. The number of nitrogens with one attached hydrogen (secondary N) is 3. The predicted octanol–water partition coefficient (Wildman–Crippen LogP) is 3.87. The molecule has 0 bridgehead atoms. The van der Waals surface area contributed by atoms with Crippen molar-refractivity contribution >= 4 is 16.9 Å². The van der Waals surface area contributed by atoms with Gasteiger partial charge in [0, 0.05) is 42.7 Å².